The fourth-order valence-corrected chi connectivity index (χ4v) is 3.29. The highest BCUT2D eigenvalue weighted by molar-refractivity contribution is 14.0. The maximum absolute atomic E-state index is 11.3. The van der Waals surface area contributed by atoms with Crippen molar-refractivity contribution in [1.82, 2.24) is 4.31 Å². The molecule has 1 aliphatic heterocycles. The zero-order chi connectivity index (χ0) is 16.3. The quantitative estimate of drug-likeness (QED) is 0.384. The normalized spacial score (nSPS) is 16.4. The van der Waals surface area contributed by atoms with Crippen LogP contribution in [0.15, 0.2) is 23.2 Å². The summed E-state index contributed by atoms with van der Waals surface area (Å²) in [7, 11) is -1.54. The molecule has 0 unspecified atom stereocenters. The monoisotopic (exact) mass is 474 g/mol. The molecule has 0 amide bonds. The molecule has 1 fully saturated rings. The predicted octanol–water partition coefficient (Wildman–Crippen LogP) is 1.58. The Bertz CT molecular complexity index is 678. The molecule has 2 rings (SSSR count). The van der Waals surface area contributed by atoms with Crippen LogP contribution in [0.4, 0.5) is 5.69 Å². The molecule has 23 heavy (non-hydrogen) atoms. The van der Waals surface area contributed by atoms with Gasteiger partial charge in [0.25, 0.3) is 0 Å². The van der Waals surface area contributed by atoms with Gasteiger partial charge in [0, 0.05) is 31.2 Å². The van der Waals surface area contributed by atoms with Gasteiger partial charge >= 0.3 is 0 Å². The van der Waals surface area contributed by atoms with Crippen molar-refractivity contribution in [3.8, 4) is 5.75 Å². The largest absolute Gasteiger partial charge is 0.495 e. The third kappa shape index (κ3) is 5.66. The van der Waals surface area contributed by atoms with Gasteiger partial charge in [-0.1, -0.05) is 11.6 Å². The summed E-state index contributed by atoms with van der Waals surface area (Å²) in [5.41, 5.74) is 6.51. The molecular weight excluding hydrogens is 455 g/mol. The van der Waals surface area contributed by atoms with Gasteiger partial charge in [0.2, 0.25) is 10.0 Å². The van der Waals surface area contributed by atoms with Crippen molar-refractivity contribution in [1.29, 1.82) is 0 Å². The van der Waals surface area contributed by atoms with Gasteiger partial charge in [0.15, 0.2) is 5.96 Å². The summed E-state index contributed by atoms with van der Waals surface area (Å²) in [6, 6.07) is 5.20. The Morgan fingerprint density at radius 1 is 1.52 bits per heavy atom. The van der Waals surface area contributed by atoms with E-state index in [9.17, 15) is 8.42 Å². The molecule has 1 aliphatic rings. The predicted molar refractivity (Wildman–Crippen MR) is 103 cm³/mol. The summed E-state index contributed by atoms with van der Waals surface area (Å²) in [5, 5.41) is 3.41. The minimum atomic E-state index is -3.09. The van der Waals surface area contributed by atoms with Crippen molar-refractivity contribution >= 4 is 57.2 Å². The number of hydrogen-bond donors (Lipinski definition) is 2. The highest BCUT2D eigenvalue weighted by Gasteiger charge is 2.32. The molecule has 1 aromatic rings. The first kappa shape index (κ1) is 20.3. The first-order chi connectivity index (χ1) is 10.3. The number of guanidine groups is 1. The van der Waals surface area contributed by atoms with Gasteiger partial charge in [-0.2, -0.15) is 0 Å². The van der Waals surface area contributed by atoms with E-state index in [1.165, 1.54) is 10.6 Å². The zero-order valence-corrected chi connectivity index (χ0v) is 16.7. The lowest BCUT2D eigenvalue weighted by atomic mass is 10.0. The number of methoxy groups -OCH3 is 1. The number of anilines is 1. The van der Waals surface area contributed by atoms with Gasteiger partial charge in [0.1, 0.15) is 5.75 Å². The second-order valence-electron chi connectivity index (χ2n) is 5.15. The van der Waals surface area contributed by atoms with Crippen LogP contribution in [0.3, 0.4) is 0 Å². The average molecular weight is 475 g/mol. The molecule has 7 nitrogen and oxygen atoms in total. The first-order valence-electron chi connectivity index (χ1n) is 6.65. The summed E-state index contributed by atoms with van der Waals surface area (Å²) < 4.78 is 29.0. The summed E-state index contributed by atoms with van der Waals surface area (Å²) >= 11 is 6.02. The van der Waals surface area contributed by atoms with Gasteiger partial charge in [0.05, 0.1) is 18.4 Å². The van der Waals surface area contributed by atoms with Crippen LogP contribution < -0.4 is 15.8 Å². The third-order valence-corrected chi connectivity index (χ3v) is 4.87. The molecule has 1 aromatic carbocycles. The molecule has 3 N–H and O–H groups in total. The maximum atomic E-state index is 11.3. The summed E-state index contributed by atoms with van der Waals surface area (Å²) in [6.45, 7) is 1.46. The van der Waals surface area contributed by atoms with E-state index in [-0.39, 0.29) is 35.9 Å². The van der Waals surface area contributed by atoms with Crippen molar-refractivity contribution in [3.05, 3.63) is 23.2 Å². The highest BCUT2D eigenvalue weighted by atomic mass is 127. The lowest BCUT2D eigenvalue weighted by Gasteiger charge is -2.36. The minimum absolute atomic E-state index is 0. The molecule has 10 heteroatoms. The van der Waals surface area contributed by atoms with Crippen LogP contribution in [0.2, 0.25) is 5.02 Å². The van der Waals surface area contributed by atoms with E-state index in [1.807, 2.05) is 0 Å². The molecule has 0 radical (unpaired) electrons. The van der Waals surface area contributed by atoms with Crippen LogP contribution in [0.1, 0.15) is 0 Å². The smallest absolute Gasteiger partial charge is 0.211 e. The fourth-order valence-electron chi connectivity index (χ4n) is 2.07. The Hall–Kier alpha value is -0.780. The van der Waals surface area contributed by atoms with Crippen LogP contribution >= 0.6 is 35.6 Å². The summed E-state index contributed by atoms with van der Waals surface area (Å²) in [6.07, 6.45) is 1.20. The van der Waals surface area contributed by atoms with Gasteiger partial charge in [-0.25, -0.2) is 12.7 Å². The SMILES string of the molecule is COc1ccc(NC(N)=NCC2CN(S(C)(=O)=O)C2)cc1Cl.I. The van der Waals surface area contributed by atoms with Gasteiger partial charge in [-0.15, -0.1) is 24.0 Å². The number of nitrogens with two attached hydrogens (primary N) is 1. The molecule has 130 valence electrons. The lowest BCUT2D eigenvalue weighted by Crippen LogP contribution is -2.50. The Balaban J connectivity index is 0.00000264. The number of sulfonamides is 1. The Kier molecular flexibility index (Phi) is 7.36. The molecule has 0 aliphatic carbocycles. The van der Waals surface area contributed by atoms with Crippen molar-refractivity contribution in [2.24, 2.45) is 16.6 Å². The van der Waals surface area contributed by atoms with Gasteiger partial charge < -0.3 is 15.8 Å². The molecule has 0 aromatic heterocycles. The zero-order valence-electron chi connectivity index (χ0n) is 12.8. The highest BCUT2D eigenvalue weighted by Crippen LogP contribution is 2.27. The Morgan fingerprint density at radius 3 is 2.70 bits per heavy atom. The molecule has 0 bridgehead atoms. The third-order valence-electron chi connectivity index (χ3n) is 3.34. The average Bonchev–Trinajstić information content (AvgIpc) is 2.35. The van der Waals surface area contributed by atoms with E-state index in [1.54, 1.807) is 25.3 Å². The molecule has 1 heterocycles. The minimum Gasteiger partial charge on any atom is -0.495 e. The van der Waals surface area contributed by atoms with Crippen LogP contribution in [-0.4, -0.2) is 51.7 Å². The number of benzene rings is 1. The fraction of sp³-hybridized carbons (Fsp3) is 0.462. The van der Waals surface area contributed by atoms with E-state index >= 15 is 0 Å². The number of nitrogens with one attached hydrogen (secondary N) is 1. The number of halogens is 2. The number of rotatable bonds is 5. The van der Waals surface area contributed by atoms with E-state index in [2.05, 4.69) is 10.3 Å². The molecule has 0 spiro atoms. The summed E-state index contributed by atoms with van der Waals surface area (Å²) in [4.78, 5) is 4.22. The summed E-state index contributed by atoms with van der Waals surface area (Å²) in [5.74, 6) is 1.05. The van der Waals surface area contributed by atoms with Crippen molar-refractivity contribution < 1.29 is 13.2 Å². The topological polar surface area (TPSA) is 97.0 Å². The van der Waals surface area contributed by atoms with Crippen LogP contribution in [-0.2, 0) is 10.0 Å². The number of nitrogens with zero attached hydrogens (tertiary/aromatic N) is 2. The second-order valence-corrected chi connectivity index (χ2v) is 7.54. The van der Waals surface area contributed by atoms with Crippen LogP contribution in [0, 0.1) is 5.92 Å². The van der Waals surface area contributed by atoms with Gasteiger partial charge in [-0.05, 0) is 18.2 Å². The van der Waals surface area contributed by atoms with Crippen molar-refractivity contribution in [3.63, 3.8) is 0 Å². The first-order valence-corrected chi connectivity index (χ1v) is 8.88. The number of aliphatic imine (C=N–C) groups is 1. The van der Waals surface area contributed by atoms with Crippen LogP contribution in [0.5, 0.6) is 5.75 Å². The second kappa shape index (κ2) is 8.36. The van der Waals surface area contributed by atoms with Crippen LogP contribution in [0.25, 0.3) is 0 Å². The molecule has 0 atom stereocenters. The maximum Gasteiger partial charge on any atom is 0.211 e. The van der Waals surface area contributed by atoms with Crippen molar-refractivity contribution in [2.75, 3.05) is 38.3 Å². The van der Waals surface area contributed by atoms with Crippen molar-refractivity contribution in [2.45, 2.75) is 0 Å². The molecule has 0 saturated carbocycles. The lowest BCUT2D eigenvalue weighted by molar-refractivity contribution is 0.209. The molecular formula is C13H20ClIN4O3S. The van der Waals surface area contributed by atoms with E-state index < -0.39 is 10.0 Å². The standard InChI is InChI=1S/C13H19ClN4O3S.HI/c1-21-12-4-3-10(5-11(12)14)17-13(15)16-6-9-7-18(8-9)22(2,19)20;/h3-5,9H,6-8H2,1-2H3,(H3,15,16,17);1H. The Morgan fingerprint density at radius 2 is 2.17 bits per heavy atom. The van der Waals surface area contributed by atoms with E-state index in [4.69, 9.17) is 22.1 Å². The number of hydrogen-bond acceptors (Lipinski definition) is 4. The molecule has 1 saturated heterocycles. The van der Waals surface area contributed by atoms with E-state index in [0.29, 0.717) is 36.1 Å². The van der Waals surface area contributed by atoms with Gasteiger partial charge in [-0.3, -0.25) is 4.99 Å². The number of ether oxygens (including phenoxy) is 1. The van der Waals surface area contributed by atoms with E-state index in [0.717, 1.165) is 0 Å². The Labute approximate surface area is 158 Å².